The second-order valence-electron chi connectivity index (χ2n) is 6.67. The van der Waals surface area contributed by atoms with E-state index in [-0.39, 0.29) is 5.91 Å². The van der Waals surface area contributed by atoms with E-state index in [0.29, 0.717) is 11.6 Å². The summed E-state index contributed by atoms with van der Waals surface area (Å²) in [4.78, 5) is 23.4. The van der Waals surface area contributed by atoms with Crippen molar-refractivity contribution in [2.24, 2.45) is 5.92 Å². The molecule has 1 aliphatic heterocycles. The van der Waals surface area contributed by atoms with E-state index in [9.17, 15) is 4.79 Å². The number of nitrogens with zero attached hydrogens (tertiary/aromatic N) is 3. The Bertz CT molecular complexity index is 706. The van der Waals surface area contributed by atoms with Crippen LogP contribution in [0.2, 0.25) is 0 Å². The lowest BCUT2D eigenvalue weighted by Crippen LogP contribution is -2.35. The highest BCUT2D eigenvalue weighted by Crippen LogP contribution is 2.22. The van der Waals surface area contributed by atoms with Crippen molar-refractivity contribution < 1.29 is 4.79 Å². The second-order valence-corrected chi connectivity index (χ2v) is 6.67. The number of aryl methyl sites for hydroxylation is 2. The SMILES string of the molecule is Cc1cccc(C)c1NC(=O)c1cnc(N2CCCC(C)C2)cn1. The molecule has 1 amide bonds. The number of hydrogen-bond donors (Lipinski definition) is 1. The number of carbonyl (C=O) groups is 1. The maximum atomic E-state index is 12.4. The van der Waals surface area contributed by atoms with Crippen molar-refractivity contribution in [2.45, 2.75) is 33.6 Å². The first-order chi connectivity index (χ1) is 11.5. The standard InChI is InChI=1S/C19H24N4O/c1-13-6-5-9-23(12-13)17-11-20-16(10-21-17)19(24)22-18-14(2)7-4-8-15(18)3/h4,7-8,10-11,13H,5-6,9,12H2,1-3H3,(H,22,24). The van der Waals surface area contributed by atoms with Gasteiger partial charge >= 0.3 is 0 Å². The van der Waals surface area contributed by atoms with Gasteiger partial charge in [0, 0.05) is 18.8 Å². The fourth-order valence-electron chi connectivity index (χ4n) is 3.19. The third-order valence-electron chi connectivity index (χ3n) is 4.57. The lowest BCUT2D eigenvalue weighted by Gasteiger charge is -2.31. The van der Waals surface area contributed by atoms with Crippen LogP contribution in [0.4, 0.5) is 11.5 Å². The minimum atomic E-state index is -0.224. The molecule has 0 spiro atoms. The molecule has 1 aliphatic rings. The normalized spacial score (nSPS) is 17.6. The van der Waals surface area contributed by atoms with Gasteiger partial charge < -0.3 is 10.2 Å². The van der Waals surface area contributed by atoms with E-state index in [0.717, 1.165) is 35.7 Å². The van der Waals surface area contributed by atoms with Gasteiger partial charge in [0.2, 0.25) is 0 Å². The summed E-state index contributed by atoms with van der Waals surface area (Å²) in [6.07, 6.45) is 5.72. The number of amides is 1. The number of carbonyl (C=O) groups excluding carboxylic acids is 1. The molecule has 1 aromatic carbocycles. The fraction of sp³-hybridized carbons (Fsp3) is 0.421. The van der Waals surface area contributed by atoms with Crippen LogP contribution in [0.25, 0.3) is 0 Å². The first kappa shape index (κ1) is 16.4. The molecule has 0 bridgehead atoms. The Morgan fingerprint density at radius 3 is 2.58 bits per heavy atom. The number of anilines is 2. The quantitative estimate of drug-likeness (QED) is 0.937. The third-order valence-corrected chi connectivity index (χ3v) is 4.57. The van der Waals surface area contributed by atoms with E-state index >= 15 is 0 Å². The van der Waals surface area contributed by atoms with Crippen molar-refractivity contribution in [1.29, 1.82) is 0 Å². The number of aromatic nitrogens is 2. The molecule has 5 nitrogen and oxygen atoms in total. The lowest BCUT2D eigenvalue weighted by atomic mass is 10.0. The van der Waals surface area contributed by atoms with E-state index < -0.39 is 0 Å². The summed E-state index contributed by atoms with van der Waals surface area (Å²) < 4.78 is 0. The van der Waals surface area contributed by atoms with Crippen LogP contribution in [0.15, 0.2) is 30.6 Å². The van der Waals surface area contributed by atoms with Crippen LogP contribution in [-0.4, -0.2) is 29.0 Å². The molecule has 1 fully saturated rings. The summed E-state index contributed by atoms with van der Waals surface area (Å²) in [5.41, 5.74) is 3.26. The summed E-state index contributed by atoms with van der Waals surface area (Å²) >= 11 is 0. The molecule has 2 heterocycles. The largest absolute Gasteiger partial charge is 0.355 e. The number of nitrogens with one attached hydrogen (secondary N) is 1. The second kappa shape index (κ2) is 6.99. The van der Waals surface area contributed by atoms with Crippen LogP contribution in [-0.2, 0) is 0 Å². The van der Waals surface area contributed by atoms with Crippen molar-refractivity contribution in [3.63, 3.8) is 0 Å². The van der Waals surface area contributed by atoms with Gasteiger partial charge in [0.25, 0.3) is 5.91 Å². The summed E-state index contributed by atoms with van der Waals surface area (Å²) in [7, 11) is 0. The summed E-state index contributed by atoms with van der Waals surface area (Å²) in [6, 6.07) is 5.94. The topological polar surface area (TPSA) is 58.1 Å². The summed E-state index contributed by atoms with van der Waals surface area (Å²) in [5.74, 6) is 1.30. The van der Waals surface area contributed by atoms with Gasteiger partial charge in [-0.1, -0.05) is 25.1 Å². The third kappa shape index (κ3) is 3.55. The molecule has 0 radical (unpaired) electrons. The van der Waals surface area contributed by atoms with Gasteiger partial charge in [0.15, 0.2) is 0 Å². The van der Waals surface area contributed by atoms with Gasteiger partial charge in [0.05, 0.1) is 12.4 Å². The van der Waals surface area contributed by atoms with E-state index in [4.69, 9.17) is 0 Å². The summed E-state index contributed by atoms with van der Waals surface area (Å²) in [5, 5.41) is 2.95. The predicted molar refractivity (Wildman–Crippen MR) is 96.5 cm³/mol. The smallest absolute Gasteiger partial charge is 0.275 e. The molecule has 1 saturated heterocycles. The molecular weight excluding hydrogens is 300 g/mol. The lowest BCUT2D eigenvalue weighted by molar-refractivity contribution is 0.102. The van der Waals surface area contributed by atoms with Gasteiger partial charge in [-0.15, -0.1) is 0 Å². The van der Waals surface area contributed by atoms with Gasteiger partial charge in [-0.05, 0) is 43.7 Å². The van der Waals surface area contributed by atoms with Crippen molar-refractivity contribution >= 4 is 17.4 Å². The minimum Gasteiger partial charge on any atom is -0.355 e. The van der Waals surface area contributed by atoms with Crippen LogP contribution < -0.4 is 10.2 Å². The van der Waals surface area contributed by atoms with Crippen LogP contribution in [0.5, 0.6) is 0 Å². The maximum Gasteiger partial charge on any atom is 0.275 e. The molecule has 0 saturated carbocycles. The van der Waals surface area contributed by atoms with Crippen LogP contribution in [0, 0.1) is 19.8 Å². The molecule has 0 aliphatic carbocycles. The van der Waals surface area contributed by atoms with Crippen molar-refractivity contribution in [3.8, 4) is 0 Å². The predicted octanol–water partition coefficient (Wildman–Crippen LogP) is 3.58. The van der Waals surface area contributed by atoms with Gasteiger partial charge in [0.1, 0.15) is 11.5 Å². The average molecular weight is 324 g/mol. The highest BCUT2D eigenvalue weighted by atomic mass is 16.1. The number of piperidine rings is 1. The number of benzene rings is 1. The average Bonchev–Trinajstić information content (AvgIpc) is 2.58. The molecule has 1 atom stereocenters. The number of para-hydroxylation sites is 1. The molecule has 1 aromatic heterocycles. The van der Waals surface area contributed by atoms with Crippen molar-refractivity contribution in [1.82, 2.24) is 9.97 Å². The van der Waals surface area contributed by atoms with Crippen LogP contribution in [0.3, 0.4) is 0 Å². The zero-order chi connectivity index (χ0) is 17.1. The number of rotatable bonds is 3. The molecule has 1 unspecified atom stereocenters. The van der Waals surface area contributed by atoms with Crippen LogP contribution >= 0.6 is 0 Å². The Kier molecular flexibility index (Phi) is 4.79. The summed E-state index contributed by atoms with van der Waals surface area (Å²) in [6.45, 7) is 8.23. The van der Waals surface area contributed by atoms with E-state index in [2.05, 4.69) is 27.1 Å². The van der Waals surface area contributed by atoms with Gasteiger partial charge in [-0.25, -0.2) is 9.97 Å². The highest BCUT2D eigenvalue weighted by Gasteiger charge is 2.18. The molecule has 126 valence electrons. The van der Waals surface area contributed by atoms with Crippen molar-refractivity contribution in [3.05, 3.63) is 47.4 Å². The van der Waals surface area contributed by atoms with E-state index in [1.165, 1.54) is 12.8 Å². The molecule has 3 rings (SSSR count). The highest BCUT2D eigenvalue weighted by molar-refractivity contribution is 6.03. The van der Waals surface area contributed by atoms with Crippen LogP contribution in [0.1, 0.15) is 41.4 Å². The molecule has 24 heavy (non-hydrogen) atoms. The van der Waals surface area contributed by atoms with E-state index in [1.54, 1.807) is 12.4 Å². The van der Waals surface area contributed by atoms with Crippen molar-refractivity contribution in [2.75, 3.05) is 23.3 Å². The molecule has 2 aromatic rings. The Morgan fingerprint density at radius 1 is 1.21 bits per heavy atom. The molecular formula is C19H24N4O. The van der Waals surface area contributed by atoms with Gasteiger partial charge in [-0.2, -0.15) is 0 Å². The fourth-order valence-corrected chi connectivity index (χ4v) is 3.19. The Hall–Kier alpha value is -2.43. The molecule has 1 N–H and O–H groups in total. The first-order valence-corrected chi connectivity index (χ1v) is 8.49. The minimum absolute atomic E-state index is 0.224. The molecule has 5 heteroatoms. The zero-order valence-corrected chi connectivity index (χ0v) is 14.5. The van der Waals surface area contributed by atoms with E-state index in [1.807, 2.05) is 32.0 Å². The Morgan fingerprint density at radius 2 is 1.96 bits per heavy atom. The maximum absolute atomic E-state index is 12.4. The Balaban J connectivity index is 1.72. The van der Waals surface area contributed by atoms with Gasteiger partial charge in [-0.3, -0.25) is 4.79 Å². The zero-order valence-electron chi connectivity index (χ0n) is 14.5. The number of hydrogen-bond acceptors (Lipinski definition) is 4. The Labute approximate surface area is 143 Å². The monoisotopic (exact) mass is 324 g/mol. The first-order valence-electron chi connectivity index (χ1n) is 8.49.